The molecule has 0 aliphatic carbocycles. The molecule has 114 valence electrons. The third kappa shape index (κ3) is 3.11. The normalized spacial score (nSPS) is 11.7. The summed E-state index contributed by atoms with van der Waals surface area (Å²) in [6.45, 7) is 6.20. The summed E-state index contributed by atoms with van der Waals surface area (Å²) in [6.07, 6.45) is 0. The zero-order chi connectivity index (χ0) is 15.6. The lowest BCUT2D eigenvalue weighted by atomic mass is 10.1. The first-order chi connectivity index (χ1) is 9.89. The van der Waals surface area contributed by atoms with Gasteiger partial charge in [-0.3, -0.25) is 0 Å². The highest BCUT2D eigenvalue weighted by molar-refractivity contribution is 6.33. The molecule has 0 saturated carbocycles. The SMILES string of the molecule is CCOC(C)(C)c1noc(-c2cc(Cl)c(N)cc2OC)n1. The highest BCUT2D eigenvalue weighted by Gasteiger charge is 2.28. The molecule has 0 unspecified atom stereocenters. The average molecular weight is 312 g/mol. The summed E-state index contributed by atoms with van der Waals surface area (Å²) in [7, 11) is 1.54. The van der Waals surface area contributed by atoms with Gasteiger partial charge in [0.1, 0.15) is 11.4 Å². The van der Waals surface area contributed by atoms with Crippen LogP contribution in [0.25, 0.3) is 11.5 Å². The number of nitrogens with zero attached hydrogens (tertiary/aromatic N) is 2. The second-order valence-electron chi connectivity index (χ2n) is 4.94. The maximum atomic E-state index is 6.04. The van der Waals surface area contributed by atoms with E-state index in [1.54, 1.807) is 12.1 Å². The van der Waals surface area contributed by atoms with Gasteiger partial charge in [0.05, 0.1) is 23.4 Å². The molecule has 7 heteroatoms. The molecule has 2 N–H and O–H groups in total. The molecule has 2 rings (SSSR count). The molecule has 2 aromatic rings. The third-order valence-electron chi connectivity index (χ3n) is 3.02. The second-order valence-corrected chi connectivity index (χ2v) is 5.35. The number of halogens is 1. The largest absolute Gasteiger partial charge is 0.496 e. The quantitative estimate of drug-likeness (QED) is 0.853. The Balaban J connectivity index is 2.45. The summed E-state index contributed by atoms with van der Waals surface area (Å²) in [5.74, 6) is 1.27. The van der Waals surface area contributed by atoms with Crippen LogP contribution in [-0.2, 0) is 10.3 Å². The molecule has 0 aliphatic heterocycles. The Morgan fingerprint density at radius 3 is 2.71 bits per heavy atom. The number of nitrogen functional groups attached to an aromatic ring is 1. The van der Waals surface area contributed by atoms with Crippen molar-refractivity contribution >= 4 is 17.3 Å². The lowest BCUT2D eigenvalue weighted by Gasteiger charge is -2.19. The van der Waals surface area contributed by atoms with Crippen molar-refractivity contribution in [1.82, 2.24) is 10.1 Å². The van der Waals surface area contributed by atoms with Gasteiger partial charge in [-0.15, -0.1) is 0 Å². The zero-order valence-corrected chi connectivity index (χ0v) is 13.2. The molecule has 0 aliphatic rings. The minimum Gasteiger partial charge on any atom is -0.496 e. The van der Waals surface area contributed by atoms with Crippen molar-refractivity contribution in [2.45, 2.75) is 26.4 Å². The molecule has 0 fully saturated rings. The molecule has 0 radical (unpaired) electrons. The Kier molecular flexibility index (Phi) is 4.39. The maximum Gasteiger partial charge on any atom is 0.261 e. The summed E-state index contributed by atoms with van der Waals surface area (Å²) in [5, 5.41) is 4.37. The molecule has 21 heavy (non-hydrogen) atoms. The first kappa shape index (κ1) is 15.6. The number of methoxy groups -OCH3 is 1. The van der Waals surface area contributed by atoms with Gasteiger partial charge >= 0.3 is 0 Å². The molecular weight excluding hydrogens is 294 g/mol. The number of nitrogens with two attached hydrogens (primary N) is 1. The van der Waals surface area contributed by atoms with Crippen molar-refractivity contribution in [3.8, 4) is 17.2 Å². The number of anilines is 1. The fourth-order valence-electron chi connectivity index (χ4n) is 1.91. The van der Waals surface area contributed by atoms with E-state index in [0.29, 0.717) is 40.3 Å². The molecule has 0 spiro atoms. The van der Waals surface area contributed by atoms with Gasteiger partial charge in [0, 0.05) is 12.7 Å². The Morgan fingerprint density at radius 2 is 2.10 bits per heavy atom. The van der Waals surface area contributed by atoms with E-state index in [1.807, 2.05) is 20.8 Å². The van der Waals surface area contributed by atoms with E-state index >= 15 is 0 Å². The third-order valence-corrected chi connectivity index (χ3v) is 3.35. The molecule has 0 amide bonds. The molecular formula is C14H18ClN3O3. The van der Waals surface area contributed by atoms with Crippen molar-refractivity contribution in [1.29, 1.82) is 0 Å². The maximum absolute atomic E-state index is 6.04. The second kappa shape index (κ2) is 5.91. The number of hydrogen-bond donors (Lipinski definition) is 1. The van der Waals surface area contributed by atoms with E-state index in [0.717, 1.165) is 0 Å². The van der Waals surface area contributed by atoms with Gasteiger partial charge < -0.3 is 19.7 Å². The van der Waals surface area contributed by atoms with Crippen molar-refractivity contribution in [2.75, 3.05) is 19.5 Å². The van der Waals surface area contributed by atoms with Crippen molar-refractivity contribution in [2.24, 2.45) is 0 Å². The Labute approximate surface area is 128 Å². The topological polar surface area (TPSA) is 83.4 Å². The van der Waals surface area contributed by atoms with Crippen LogP contribution in [0.2, 0.25) is 5.02 Å². The van der Waals surface area contributed by atoms with Gasteiger partial charge in [-0.2, -0.15) is 4.98 Å². The Bertz CT molecular complexity index is 640. The molecule has 1 aromatic heterocycles. The van der Waals surface area contributed by atoms with Crippen LogP contribution in [0.1, 0.15) is 26.6 Å². The number of rotatable bonds is 5. The van der Waals surface area contributed by atoms with Crippen LogP contribution in [0.15, 0.2) is 16.7 Å². The van der Waals surface area contributed by atoms with Gasteiger partial charge in [0.2, 0.25) is 5.82 Å². The summed E-state index contributed by atoms with van der Waals surface area (Å²) in [6, 6.07) is 3.26. The van der Waals surface area contributed by atoms with E-state index in [9.17, 15) is 0 Å². The molecule has 6 nitrogen and oxygen atoms in total. The molecule has 0 atom stereocenters. The number of ether oxygens (including phenoxy) is 2. The summed E-state index contributed by atoms with van der Waals surface area (Å²) in [5.41, 5.74) is 6.13. The zero-order valence-electron chi connectivity index (χ0n) is 12.4. The highest BCUT2D eigenvalue weighted by atomic mass is 35.5. The van der Waals surface area contributed by atoms with Crippen LogP contribution in [-0.4, -0.2) is 23.9 Å². The first-order valence-corrected chi connectivity index (χ1v) is 6.88. The fourth-order valence-corrected chi connectivity index (χ4v) is 2.07. The summed E-state index contributed by atoms with van der Waals surface area (Å²) >= 11 is 6.04. The molecule has 0 bridgehead atoms. The fraction of sp³-hybridized carbons (Fsp3) is 0.429. The van der Waals surface area contributed by atoms with Gasteiger partial charge in [-0.05, 0) is 26.8 Å². The predicted octanol–water partition coefficient (Wildman–Crippen LogP) is 3.25. The van der Waals surface area contributed by atoms with Crippen molar-refractivity contribution < 1.29 is 14.0 Å². The lowest BCUT2D eigenvalue weighted by Crippen LogP contribution is -2.23. The van der Waals surface area contributed by atoms with Gasteiger partial charge in [-0.1, -0.05) is 16.8 Å². The van der Waals surface area contributed by atoms with Gasteiger partial charge in [0.25, 0.3) is 5.89 Å². The van der Waals surface area contributed by atoms with Crippen LogP contribution in [0.3, 0.4) is 0 Å². The molecule has 1 aromatic carbocycles. The Hall–Kier alpha value is -1.79. The van der Waals surface area contributed by atoms with E-state index < -0.39 is 5.60 Å². The highest BCUT2D eigenvalue weighted by Crippen LogP contribution is 2.36. The van der Waals surface area contributed by atoms with Crippen LogP contribution in [0, 0.1) is 0 Å². The minimum atomic E-state index is -0.638. The van der Waals surface area contributed by atoms with Crippen LogP contribution >= 0.6 is 11.6 Å². The van der Waals surface area contributed by atoms with E-state index in [-0.39, 0.29) is 0 Å². The van der Waals surface area contributed by atoms with Crippen LogP contribution in [0.4, 0.5) is 5.69 Å². The van der Waals surface area contributed by atoms with Crippen LogP contribution < -0.4 is 10.5 Å². The average Bonchev–Trinajstić information content (AvgIpc) is 2.91. The number of hydrogen-bond acceptors (Lipinski definition) is 6. The predicted molar refractivity (Wildman–Crippen MR) is 80.4 cm³/mol. The minimum absolute atomic E-state index is 0.302. The first-order valence-electron chi connectivity index (χ1n) is 6.50. The monoisotopic (exact) mass is 311 g/mol. The van der Waals surface area contributed by atoms with E-state index in [1.165, 1.54) is 7.11 Å². The molecule has 0 saturated heterocycles. The lowest BCUT2D eigenvalue weighted by molar-refractivity contribution is -0.0221. The molecule has 1 heterocycles. The van der Waals surface area contributed by atoms with Crippen LogP contribution in [0.5, 0.6) is 5.75 Å². The van der Waals surface area contributed by atoms with E-state index in [4.69, 9.17) is 31.3 Å². The van der Waals surface area contributed by atoms with Gasteiger partial charge in [-0.25, -0.2) is 0 Å². The summed E-state index contributed by atoms with van der Waals surface area (Å²) < 4.78 is 16.2. The van der Waals surface area contributed by atoms with Gasteiger partial charge in [0.15, 0.2) is 0 Å². The number of aromatic nitrogens is 2. The van der Waals surface area contributed by atoms with Crippen molar-refractivity contribution in [3.63, 3.8) is 0 Å². The number of benzene rings is 1. The van der Waals surface area contributed by atoms with Crippen molar-refractivity contribution in [3.05, 3.63) is 23.0 Å². The Morgan fingerprint density at radius 1 is 1.38 bits per heavy atom. The van der Waals surface area contributed by atoms with E-state index in [2.05, 4.69) is 10.1 Å². The standard InChI is InChI=1S/C14H18ClN3O3/c1-5-20-14(2,3)13-17-12(21-18-13)8-6-9(15)10(16)7-11(8)19-4/h6-7H,5,16H2,1-4H3. The summed E-state index contributed by atoms with van der Waals surface area (Å²) in [4.78, 5) is 4.37. The smallest absolute Gasteiger partial charge is 0.261 e.